The standard InChI is InChI=1S/C32H64N2/c1-5-7-9-11-13-14-15-16-17-18-19-20-22-24-26-28-33-29-30-34(31(3)4)32(33)27-25-23-21-12-10-8-6-2/h29-32H,5-28H2,1-4H3. The van der Waals surface area contributed by atoms with Crippen molar-refractivity contribution in [3.05, 3.63) is 12.4 Å². The topological polar surface area (TPSA) is 6.48 Å². The lowest BCUT2D eigenvalue weighted by atomic mass is 10.0. The zero-order valence-electron chi connectivity index (χ0n) is 24.2. The van der Waals surface area contributed by atoms with Gasteiger partial charge in [0.1, 0.15) is 6.17 Å². The maximum atomic E-state index is 2.65. The maximum absolute atomic E-state index is 2.65. The first kappa shape index (κ1) is 31.4. The largest absolute Gasteiger partial charge is 0.356 e. The van der Waals surface area contributed by atoms with Crippen LogP contribution in [0.4, 0.5) is 0 Å². The maximum Gasteiger partial charge on any atom is 0.101 e. The molecule has 34 heavy (non-hydrogen) atoms. The number of unbranched alkanes of at least 4 members (excludes halogenated alkanes) is 20. The lowest BCUT2D eigenvalue weighted by Crippen LogP contribution is -2.42. The molecule has 0 spiro atoms. The molecular formula is C32H64N2. The molecule has 0 amide bonds. The number of hydrogen-bond donors (Lipinski definition) is 0. The lowest BCUT2D eigenvalue weighted by Gasteiger charge is -2.35. The molecule has 1 aliphatic rings. The molecule has 1 rings (SSSR count). The molecule has 0 radical (unpaired) electrons. The van der Waals surface area contributed by atoms with E-state index in [4.69, 9.17) is 0 Å². The van der Waals surface area contributed by atoms with Crippen molar-refractivity contribution in [1.82, 2.24) is 9.80 Å². The van der Waals surface area contributed by atoms with Crippen LogP contribution in [0, 0.1) is 0 Å². The Hall–Kier alpha value is -0.660. The number of nitrogens with zero attached hydrogens (tertiary/aromatic N) is 2. The molecule has 0 aromatic heterocycles. The Labute approximate surface area is 216 Å². The van der Waals surface area contributed by atoms with Crippen LogP contribution in [-0.4, -0.2) is 28.6 Å². The van der Waals surface area contributed by atoms with Gasteiger partial charge in [-0.3, -0.25) is 0 Å². The average molecular weight is 477 g/mol. The van der Waals surface area contributed by atoms with Gasteiger partial charge in [0.15, 0.2) is 0 Å². The second-order valence-electron chi connectivity index (χ2n) is 11.4. The number of hydrogen-bond acceptors (Lipinski definition) is 2. The molecular weight excluding hydrogens is 412 g/mol. The van der Waals surface area contributed by atoms with Crippen LogP contribution in [0.25, 0.3) is 0 Å². The van der Waals surface area contributed by atoms with Gasteiger partial charge >= 0.3 is 0 Å². The van der Waals surface area contributed by atoms with Gasteiger partial charge in [-0.25, -0.2) is 0 Å². The summed E-state index contributed by atoms with van der Waals surface area (Å²) >= 11 is 0. The van der Waals surface area contributed by atoms with Crippen molar-refractivity contribution in [3.8, 4) is 0 Å². The molecule has 1 atom stereocenters. The Balaban J connectivity index is 2.01. The third-order valence-electron chi connectivity index (χ3n) is 7.84. The Morgan fingerprint density at radius 3 is 1.29 bits per heavy atom. The Morgan fingerprint density at radius 2 is 0.882 bits per heavy atom. The van der Waals surface area contributed by atoms with Gasteiger partial charge in [0.2, 0.25) is 0 Å². The summed E-state index contributed by atoms with van der Waals surface area (Å²) in [6.07, 6.45) is 38.3. The lowest BCUT2D eigenvalue weighted by molar-refractivity contribution is 0.114. The Bertz CT molecular complexity index is 444. The van der Waals surface area contributed by atoms with E-state index in [0.717, 1.165) is 0 Å². The average Bonchev–Trinajstić information content (AvgIpc) is 3.24. The van der Waals surface area contributed by atoms with Crippen LogP contribution in [-0.2, 0) is 0 Å². The third kappa shape index (κ3) is 16.1. The van der Waals surface area contributed by atoms with Gasteiger partial charge in [-0.1, -0.05) is 142 Å². The summed E-state index contributed by atoms with van der Waals surface area (Å²) in [7, 11) is 0. The van der Waals surface area contributed by atoms with Crippen molar-refractivity contribution in [1.29, 1.82) is 0 Å². The fourth-order valence-corrected chi connectivity index (χ4v) is 5.54. The van der Waals surface area contributed by atoms with E-state index in [0.29, 0.717) is 12.2 Å². The molecule has 0 aromatic carbocycles. The third-order valence-corrected chi connectivity index (χ3v) is 7.84. The SMILES string of the molecule is CCCCCCCCCCCCCCCCCN1C=CN(C(C)C)C1CCCCCCCCC. The van der Waals surface area contributed by atoms with E-state index >= 15 is 0 Å². The van der Waals surface area contributed by atoms with Crippen LogP contribution in [0.1, 0.15) is 175 Å². The molecule has 202 valence electrons. The van der Waals surface area contributed by atoms with Crippen molar-refractivity contribution in [2.45, 2.75) is 188 Å². The van der Waals surface area contributed by atoms with Crippen LogP contribution >= 0.6 is 0 Å². The first-order valence-electron chi connectivity index (χ1n) is 15.9. The van der Waals surface area contributed by atoms with Gasteiger partial charge in [0.05, 0.1) is 0 Å². The van der Waals surface area contributed by atoms with Gasteiger partial charge in [-0.05, 0) is 33.1 Å². The van der Waals surface area contributed by atoms with Crippen molar-refractivity contribution < 1.29 is 0 Å². The number of rotatable bonds is 25. The minimum atomic E-state index is 0.608. The summed E-state index contributed by atoms with van der Waals surface area (Å²) in [6, 6.07) is 0.608. The quantitative estimate of drug-likeness (QED) is 0.121. The van der Waals surface area contributed by atoms with Crippen molar-refractivity contribution >= 4 is 0 Å². The summed E-state index contributed by atoms with van der Waals surface area (Å²) in [5, 5.41) is 0. The predicted octanol–water partition coefficient (Wildman–Crippen LogP) is 10.8. The van der Waals surface area contributed by atoms with Gasteiger partial charge in [0.25, 0.3) is 0 Å². The van der Waals surface area contributed by atoms with E-state index in [-0.39, 0.29) is 0 Å². The highest BCUT2D eigenvalue weighted by Gasteiger charge is 2.26. The molecule has 0 aliphatic carbocycles. The van der Waals surface area contributed by atoms with Gasteiger partial charge in [-0.2, -0.15) is 0 Å². The van der Waals surface area contributed by atoms with Crippen LogP contribution in [0.15, 0.2) is 12.4 Å². The zero-order valence-corrected chi connectivity index (χ0v) is 24.2. The fraction of sp³-hybridized carbons (Fsp3) is 0.938. The highest BCUT2D eigenvalue weighted by atomic mass is 15.4. The van der Waals surface area contributed by atoms with E-state index in [2.05, 4.69) is 49.9 Å². The van der Waals surface area contributed by atoms with Crippen LogP contribution in [0.5, 0.6) is 0 Å². The first-order chi connectivity index (χ1) is 16.7. The summed E-state index contributed by atoms with van der Waals surface area (Å²) in [5.41, 5.74) is 0. The Kier molecular flexibility index (Phi) is 21.0. The normalized spacial score (nSPS) is 15.9. The molecule has 0 saturated carbocycles. The van der Waals surface area contributed by atoms with E-state index in [1.165, 1.54) is 154 Å². The van der Waals surface area contributed by atoms with E-state index in [1.54, 1.807) is 0 Å². The minimum absolute atomic E-state index is 0.608. The molecule has 0 saturated heterocycles. The molecule has 0 fully saturated rings. The van der Waals surface area contributed by atoms with Gasteiger partial charge in [0, 0.05) is 25.0 Å². The molecule has 1 aliphatic heterocycles. The van der Waals surface area contributed by atoms with Crippen molar-refractivity contribution in [2.24, 2.45) is 0 Å². The van der Waals surface area contributed by atoms with Crippen LogP contribution in [0.3, 0.4) is 0 Å². The van der Waals surface area contributed by atoms with Crippen molar-refractivity contribution in [3.63, 3.8) is 0 Å². The molecule has 2 heteroatoms. The summed E-state index contributed by atoms with van der Waals surface area (Å²) in [5.74, 6) is 0. The smallest absolute Gasteiger partial charge is 0.101 e. The molecule has 0 bridgehead atoms. The highest BCUT2D eigenvalue weighted by molar-refractivity contribution is 4.98. The molecule has 0 N–H and O–H groups in total. The second kappa shape index (κ2) is 22.8. The highest BCUT2D eigenvalue weighted by Crippen LogP contribution is 2.25. The van der Waals surface area contributed by atoms with Gasteiger partial charge < -0.3 is 9.80 Å². The summed E-state index contributed by atoms with van der Waals surface area (Å²) in [4.78, 5) is 5.25. The fourth-order valence-electron chi connectivity index (χ4n) is 5.54. The minimum Gasteiger partial charge on any atom is -0.356 e. The summed E-state index contributed by atoms with van der Waals surface area (Å²) < 4.78 is 0. The predicted molar refractivity (Wildman–Crippen MR) is 154 cm³/mol. The van der Waals surface area contributed by atoms with Crippen LogP contribution in [0.2, 0.25) is 0 Å². The van der Waals surface area contributed by atoms with Gasteiger partial charge in [-0.15, -0.1) is 0 Å². The monoisotopic (exact) mass is 477 g/mol. The zero-order chi connectivity index (χ0) is 24.7. The van der Waals surface area contributed by atoms with Crippen LogP contribution < -0.4 is 0 Å². The Morgan fingerprint density at radius 1 is 0.500 bits per heavy atom. The molecule has 1 unspecified atom stereocenters. The van der Waals surface area contributed by atoms with E-state index < -0.39 is 0 Å². The molecule has 0 aromatic rings. The van der Waals surface area contributed by atoms with E-state index in [9.17, 15) is 0 Å². The molecule has 2 nitrogen and oxygen atoms in total. The second-order valence-corrected chi connectivity index (χ2v) is 11.4. The summed E-state index contributed by atoms with van der Waals surface area (Å²) in [6.45, 7) is 10.6. The molecule has 1 heterocycles. The van der Waals surface area contributed by atoms with E-state index in [1.807, 2.05) is 0 Å². The van der Waals surface area contributed by atoms with Crippen molar-refractivity contribution in [2.75, 3.05) is 6.54 Å². The first-order valence-corrected chi connectivity index (χ1v) is 15.9.